The lowest BCUT2D eigenvalue weighted by Gasteiger charge is -2.33. The molecular weight excluding hydrogens is 463 g/mol. The van der Waals surface area contributed by atoms with Crippen LogP contribution in [0.2, 0.25) is 0 Å². The first kappa shape index (κ1) is 25.2. The zero-order valence-corrected chi connectivity index (χ0v) is 19.6. The van der Waals surface area contributed by atoms with Crippen molar-refractivity contribution in [3.8, 4) is 0 Å². The Bertz CT molecular complexity index is 1020. The summed E-state index contributed by atoms with van der Waals surface area (Å²) in [4.78, 5) is 52.3. The summed E-state index contributed by atoms with van der Waals surface area (Å²) >= 11 is 0. The van der Waals surface area contributed by atoms with Crippen LogP contribution in [0.1, 0.15) is 44.6 Å². The second-order valence-corrected chi connectivity index (χ2v) is 9.94. The fourth-order valence-electron chi connectivity index (χ4n) is 5.80. The molecular formula is C25H30F3N3O4. The van der Waals surface area contributed by atoms with E-state index in [4.69, 9.17) is 0 Å². The van der Waals surface area contributed by atoms with Crippen molar-refractivity contribution in [2.45, 2.75) is 56.8 Å². The van der Waals surface area contributed by atoms with E-state index in [0.29, 0.717) is 19.4 Å². The van der Waals surface area contributed by atoms with Gasteiger partial charge >= 0.3 is 0 Å². The molecule has 1 aromatic carbocycles. The lowest BCUT2D eigenvalue weighted by Crippen LogP contribution is -2.55. The summed E-state index contributed by atoms with van der Waals surface area (Å²) in [6.45, 7) is 0.350. The molecule has 2 aliphatic heterocycles. The Morgan fingerprint density at radius 1 is 1.26 bits per heavy atom. The van der Waals surface area contributed by atoms with Crippen molar-refractivity contribution >= 4 is 23.5 Å². The van der Waals surface area contributed by atoms with Crippen molar-refractivity contribution in [2.75, 3.05) is 19.8 Å². The second kappa shape index (κ2) is 9.99. The van der Waals surface area contributed by atoms with Crippen LogP contribution in [0.15, 0.2) is 24.3 Å². The minimum atomic E-state index is -2.57. The molecule has 1 aromatic rings. The first-order valence-corrected chi connectivity index (χ1v) is 12.1. The molecule has 190 valence electrons. The lowest BCUT2D eigenvalue weighted by atomic mass is 9.91. The van der Waals surface area contributed by atoms with Crippen molar-refractivity contribution in [3.05, 3.63) is 35.6 Å². The number of hydrogen-bond acceptors (Lipinski definition) is 4. The molecule has 0 aromatic heterocycles. The Balaban J connectivity index is 1.57. The largest absolute Gasteiger partial charge is 0.356 e. The van der Waals surface area contributed by atoms with Crippen molar-refractivity contribution in [1.29, 1.82) is 0 Å². The second-order valence-electron chi connectivity index (χ2n) is 9.94. The molecule has 3 amide bonds. The zero-order chi connectivity index (χ0) is 25.3. The summed E-state index contributed by atoms with van der Waals surface area (Å²) in [5.41, 5.74) is -2.73. The van der Waals surface area contributed by atoms with Gasteiger partial charge in [0.25, 0.3) is 5.91 Å². The number of Topliss-reactive ketones (excluding diaryl/α,β-unsaturated/α-hetero) is 1. The third-order valence-corrected chi connectivity index (χ3v) is 7.71. The number of carbonyl (C=O) groups is 4. The van der Waals surface area contributed by atoms with Crippen LogP contribution in [0.5, 0.6) is 0 Å². The van der Waals surface area contributed by atoms with Crippen LogP contribution in [0.25, 0.3) is 0 Å². The Morgan fingerprint density at radius 3 is 2.69 bits per heavy atom. The predicted molar refractivity (Wildman–Crippen MR) is 120 cm³/mol. The Morgan fingerprint density at radius 2 is 2.03 bits per heavy atom. The first-order valence-electron chi connectivity index (χ1n) is 12.1. The molecule has 6 atom stereocenters. The SMILES string of the molecule is C[C@](F)(C(=O)N1C[C@@H]2CCC[C@@H]2[C@@H]1C(=O)N[C@H](C[C@H]1CCNC1=O)C(=O)CF)c1cccc(F)c1. The number of likely N-dealkylation sites (tertiary alicyclic amines) is 1. The number of alkyl halides is 2. The molecule has 0 spiro atoms. The summed E-state index contributed by atoms with van der Waals surface area (Å²) in [6.07, 6.45) is 2.71. The van der Waals surface area contributed by atoms with Crippen LogP contribution in [0.4, 0.5) is 13.2 Å². The third-order valence-electron chi connectivity index (χ3n) is 7.71. The van der Waals surface area contributed by atoms with Gasteiger partial charge < -0.3 is 15.5 Å². The minimum Gasteiger partial charge on any atom is -0.356 e. The van der Waals surface area contributed by atoms with Crippen LogP contribution in [-0.2, 0) is 24.8 Å². The van der Waals surface area contributed by atoms with E-state index in [2.05, 4.69) is 10.6 Å². The average Bonchev–Trinajstić information content (AvgIpc) is 3.53. The van der Waals surface area contributed by atoms with Crippen molar-refractivity contribution in [1.82, 2.24) is 15.5 Å². The fraction of sp³-hybridized carbons (Fsp3) is 0.600. The maximum absolute atomic E-state index is 15.8. The van der Waals surface area contributed by atoms with Gasteiger partial charge in [0.2, 0.25) is 17.5 Å². The molecule has 0 radical (unpaired) electrons. The van der Waals surface area contributed by atoms with Crippen LogP contribution in [0, 0.1) is 23.6 Å². The van der Waals surface area contributed by atoms with E-state index >= 15 is 4.39 Å². The Kier molecular flexibility index (Phi) is 7.19. The van der Waals surface area contributed by atoms with Gasteiger partial charge in [0.1, 0.15) is 18.5 Å². The van der Waals surface area contributed by atoms with Crippen LogP contribution >= 0.6 is 0 Å². The van der Waals surface area contributed by atoms with Gasteiger partial charge in [-0.05, 0) is 56.6 Å². The zero-order valence-electron chi connectivity index (χ0n) is 19.6. The van der Waals surface area contributed by atoms with Gasteiger partial charge in [0, 0.05) is 24.6 Å². The number of amides is 3. The molecule has 1 saturated carbocycles. The van der Waals surface area contributed by atoms with Gasteiger partial charge in [-0.3, -0.25) is 19.2 Å². The molecule has 2 heterocycles. The van der Waals surface area contributed by atoms with E-state index < -0.39 is 53.8 Å². The van der Waals surface area contributed by atoms with Gasteiger partial charge in [-0.2, -0.15) is 0 Å². The van der Waals surface area contributed by atoms with Crippen LogP contribution < -0.4 is 10.6 Å². The topological polar surface area (TPSA) is 95.6 Å². The highest BCUT2D eigenvalue weighted by Crippen LogP contribution is 2.44. The number of nitrogens with zero attached hydrogens (tertiary/aromatic N) is 1. The van der Waals surface area contributed by atoms with E-state index in [1.807, 2.05) is 0 Å². The summed E-state index contributed by atoms with van der Waals surface area (Å²) in [5.74, 6) is -4.17. The summed E-state index contributed by atoms with van der Waals surface area (Å²) in [7, 11) is 0. The van der Waals surface area contributed by atoms with Gasteiger partial charge in [0.15, 0.2) is 5.78 Å². The Labute approximate surface area is 201 Å². The van der Waals surface area contributed by atoms with Crippen molar-refractivity contribution < 1.29 is 32.3 Å². The highest BCUT2D eigenvalue weighted by molar-refractivity contribution is 5.96. The summed E-state index contributed by atoms with van der Waals surface area (Å²) in [6, 6.07) is 2.46. The molecule has 0 unspecified atom stereocenters. The normalized spacial score (nSPS) is 28.2. The van der Waals surface area contributed by atoms with E-state index in [9.17, 15) is 28.0 Å². The molecule has 3 fully saturated rings. The molecule has 0 bridgehead atoms. The lowest BCUT2D eigenvalue weighted by molar-refractivity contribution is -0.149. The van der Waals surface area contributed by atoms with Gasteiger partial charge in [-0.1, -0.05) is 18.6 Å². The van der Waals surface area contributed by atoms with E-state index in [0.717, 1.165) is 31.9 Å². The third kappa shape index (κ3) is 4.92. The van der Waals surface area contributed by atoms with Gasteiger partial charge in [-0.25, -0.2) is 13.2 Å². The number of benzene rings is 1. The van der Waals surface area contributed by atoms with Gasteiger partial charge in [-0.15, -0.1) is 0 Å². The number of carbonyl (C=O) groups excluding carboxylic acids is 4. The van der Waals surface area contributed by atoms with Crippen molar-refractivity contribution in [2.24, 2.45) is 17.8 Å². The number of hydrogen-bond donors (Lipinski definition) is 2. The maximum Gasteiger partial charge on any atom is 0.265 e. The molecule has 35 heavy (non-hydrogen) atoms. The number of ketones is 1. The van der Waals surface area contributed by atoms with Gasteiger partial charge in [0.05, 0.1) is 6.04 Å². The van der Waals surface area contributed by atoms with E-state index in [1.165, 1.54) is 17.0 Å². The van der Waals surface area contributed by atoms with E-state index in [1.54, 1.807) is 0 Å². The molecule has 1 aliphatic carbocycles. The molecule has 2 N–H and O–H groups in total. The molecule has 2 saturated heterocycles. The maximum atomic E-state index is 15.8. The van der Waals surface area contributed by atoms with E-state index in [-0.39, 0.29) is 36.3 Å². The summed E-state index contributed by atoms with van der Waals surface area (Å²) < 4.78 is 42.8. The molecule has 10 heteroatoms. The number of nitrogens with one attached hydrogen (secondary N) is 2. The van der Waals surface area contributed by atoms with Crippen molar-refractivity contribution in [3.63, 3.8) is 0 Å². The Hall–Kier alpha value is -2.91. The number of rotatable bonds is 8. The summed E-state index contributed by atoms with van der Waals surface area (Å²) in [5, 5.41) is 5.22. The highest BCUT2D eigenvalue weighted by Gasteiger charge is 2.53. The quantitative estimate of drug-likeness (QED) is 0.581. The number of halogens is 3. The molecule has 3 aliphatic rings. The molecule has 4 rings (SSSR count). The smallest absolute Gasteiger partial charge is 0.265 e. The number of fused-ring (bicyclic) bond motifs is 1. The van der Waals surface area contributed by atoms with Crippen LogP contribution in [-0.4, -0.2) is 60.3 Å². The standard InChI is InChI=1S/C25H30F3N3O4/c1-25(28,16-5-3-6-17(27)11-16)24(35)31-13-15-4-2-7-18(15)21(31)23(34)30-19(20(32)12-26)10-14-8-9-29-22(14)33/h3,5-6,11,14-15,18-19,21H,2,4,7-10,12-13H2,1H3,(H,29,33)(H,30,34)/t14-,15+,18+,19-,21-,25-/m1/s1. The average molecular weight is 494 g/mol. The minimum absolute atomic E-state index is 0.00561. The van der Waals surface area contributed by atoms with Crippen LogP contribution in [0.3, 0.4) is 0 Å². The highest BCUT2D eigenvalue weighted by atomic mass is 19.1. The monoisotopic (exact) mass is 493 g/mol. The predicted octanol–water partition coefficient (Wildman–Crippen LogP) is 2.19. The fourth-order valence-corrected chi connectivity index (χ4v) is 5.80. The molecule has 7 nitrogen and oxygen atoms in total. The first-order chi connectivity index (χ1) is 16.6.